The van der Waals surface area contributed by atoms with Crippen LogP contribution in [0.15, 0.2) is 36.5 Å². The number of amides is 2. The summed E-state index contributed by atoms with van der Waals surface area (Å²) in [6.07, 6.45) is 4.07. The average Bonchev–Trinajstić information content (AvgIpc) is 3.35. The zero-order valence-electron chi connectivity index (χ0n) is 17.0. The number of fused-ring (bicyclic) bond motifs is 1. The molecule has 2 aromatic heterocycles. The van der Waals surface area contributed by atoms with Crippen LogP contribution in [0, 0.1) is 6.92 Å². The van der Waals surface area contributed by atoms with Crippen molar-refractivity contribution in [3.8, 4) is 0 Å². The lowest BCUT2D eigenvalue weighted by atomic mass is 10.2. The summed E-state index contributed by atoms with van der Waals surface area (Å²) >= 11 is 12.3. The van der Waals surface area contributed by atoms with Crippen molar-refractivity contribution < 1.29 is 14.3 Å². The molecule has 0 bridgehead atoms. The smallest absolute Gasteiger partial charge is 0.258 e. The molecule has 2 N–H and O–H groups in total. The molecule has 1 aliphatic heterocycles. The number of pyridine rings is 1. The Morgan fingerprint density at radius 3 is 2.71 bits per heavy atom. The summed E-state index contributed by atoms with van der Waals surface area (Å²) in [5, 5.41) is 6.29. The molecular formula is C22H22Cl2N4O3. The van der Waals surface area contributed by atoms with Gasteiger partial charge in [0, 0.05) is 19.3 Å². The summed E-state index contributed by atoms with van der Waals surface area (Å²) in [6, 6.07) is 8.42. The fourth-order valence-corrected chi connectivity index (χ4v) is 4.26. The third-order valence-electron chi connectivity index (χ3n) is 5.27. The van der Waals surface area contributed by atoms with Crippen LogP contribution in [0.2, 0.25) is 10.0 Å². The van der Waals surface area contributed by atoms with Gasteiger partial charge in [-0.2, -0.15) is 0 Å². The van der Waals surface area contributed by atoms with Crippen LogP contribution in [0.3, 0.4) is 0 Å². The van der Waals surface area contributed by atoms with Gasteiger partial charge < -0.3 is 19.8 Å². The lowest BCUT2D eigenvalue weighted by molar-refractivity contribution is -0.121. The summed E-state index contributed by atoms with van der Waals surface area (Å²) in [4.78, 5) is 29.8. The summed E-state index contributed by atoms with van der Waals surface area (Å²) in [5.74, 6) is -0.530. The van der Waals surface area contributed by atoms with Gasteiger partial charge in [-0.15, -0.1) is 0 Å². The summed E-state index contributed by atoms with van der Waals surface area (Å²) in [6.45, 7) is 3.10. The molecule has 31 heavy (non-hydrogen) atoms. The molecular weight excluding hydrogens is 439 g/mol. The lowest BCUT2D eigenvalue weighted by Crippen LogP contribution is -2.33. The Kier molecular flexibility index (Phi) is 6.46. The van der Waals surface area contributed by atoms with Crippen molar-refractivity contribution in [3.05, 3.63) is 63.5 Å². The van der Waals surface area contributed by atoms with Crippen molar-refractivity contribution in [2.24, 2.45) is 0 Å². The quantitative estimate of drug-likeness (QED) is 0.581. The van der Waals surface area contributed by atoms with Crippen molar-refractivity contribution in [1.29, 1.82) is 0 Å². The molecule has 7 nitrogen and oxygen atoms in total. The Bertz CT molecular complexity index is 1120. The number of rotatable bonds is 6. The summed E-state index contributed by atoms with van der Waals surface area (Å²) in [7, 11) is 0. The van der Waals surface area contributed by atoms with Crippen LogP contribution >= 0.6 is 23.2 Å². The third-order valence-corrected chi connectivity index (χ3v) is 5.90. The van der Waals surface area contributed by atoms with Crippen molar-refractivity contribution in [2.45, 2.75) is 32.3 Å². The first-order valence-electron chi connectivity index (χ1n) is 10.0. The minimum absolute atomic E-state index is 0.0886. The van der Waals surface area contributed by atoms with E-state index in [1.165, 1.54) is 0 Å². The minimum atomic E-state index is -0.430. The summed E-state index contributed by atoms with van der Waals surface area (Å²) in [5.41, 5.74) is 2.71. The summed E-state index contributed by atoms with van der Waals surface area (Å²) < 4.78 is 7.36. The Labute approximate surface area is 189 Å². The van der Waals surface area contributed by atoms with Crippen LogP contribution in [0.25, 0.3) is 5.65 Å². The SMILES string of the molecule is Cc1nc2c(NC(=O)c3c(Cl)cccc3Cl)cccn2c1CC(=O)NCC1CCCO1. The molecule has 162 valence electrons. The first-order chi connectivity index (χ1) is 14.9. The van der Waals surface area contributed by atoms with Gasteiger partial charge in [-0.05, 0) is 44.0 Å². The number of aromatic nitrogens is 2. The molecule has 1 atom stereocenters. The molecule has 1 fully saturated rings. The van der Waals surface area contributed by atoms with E-state index < -0.39 is 5.91 Å². The van der Waals surface area contributed by atoms with Crippen molar-refractivity contribution in [1.82, 2.24) is 14.7 Å². The van der Waals surface area contributed by atoms with E-state index in [4.69, 9.17) is 27.9 Å². The number of hydrogen-bond donors (Lipinski definition) is 2. The molecule has 0 radical (unpaired) electrons. The number of carbonyl (C=O) groups excluding carboxylic acids is 2. The van der Waals surface area contributed by atoms with Crippen LogP contribution in [0.1, 0.15) is 34.6 Å². The van der Waals surface area contributed by atoms with Gasteiger partial charge in [-0.3, -0.25) is 9.59 Å². The number of carbonyl (C=O) groups is 2. The number of halogens is 2. The molecule has 1 aromatic carbocycles. The highest BCUT2D eigenvalue weighted by Gasteiger charge is 2.20. The standard InChI is InChI=1S/C22H22Cl2N4O3/c1-13-18(11-19(29)25-12-14-5-4-10-31-14)28-9-3-8-17(21(28)26-13)27-22(30)20-15(23)6-2-7-16(20)24/h2-3,6-9,14H,4-5,10-12H2,1H3,(H,25,29)(H,27,30). The fraction of sp³-hybridized carbons (Fsp3) is 0.318. The maximum atomic E-state index is 12.8. The normalized spacial score (nSPS) is 15.9. The van der Waals surface area contributed by atoms with E-state index >= 15 is 0 Å². The van der Waals surface area contributed by atoms with E-state index in [9.17, 15) is 9.59 Å². The molecule has 1 unspecified atom stereocenters. The molecule has 3 heterocycles. The molecule has 0 saturated carbocycles. The topological polar surface area (TPSA) is 84.7 Å². The Hall–Kier alpha value is -2.61. The maximum Gasteiger partial charge on any atom is 0.258 e. The molecule has 0 aliphatic carbocycles. The number of hydrogen-bond acceptors (Lipinski definition) is 4. The zero-order chi connectivity index (χ0) is 22.0. The van der Waals surface area contributed by atoms with Gasteiger partial charge in [0.15, 0.2) is 5.65 Å². The third kappa shape index (κ3) is 4.69. The van der Waals surface area contributed by atoms with E-state index in [1.807, 2.05) is 17.5 Å². The predicted octanol–water partition coefficient (Wildman–Crippen LogP) is 4.04. The van der Waals surface area contributed by atoms with Gasteiger partial charge in [-0.25, -0.2) is 4.98 Å². The van der Waals surface area contributed by atoms with Crippen LogP contribution in [0.5, 0.6) is 0 Å². The van der Waals surface area contributed by atoms with Crippen molar-refractivity contribution in [3.63, 3.8) is 0 Å². The second-order valence-electron chi connectivity index (χ2n) is 7.43. The Morgan fingerprint density at radius 1 is 1.23 bits per heavy atom. The highest BCUT2D eigenvalue weighted by molar-refractivity contribution is 6.40. The number of imidazole rings is 1. The van der Waals surface area contributed by atoms with E-state index in [2.05, 4.69) is 15.6 Å². The number of nitrogens with one attached hydrogen (secondary N) is 2. The molecule has 0 spiro atoms. The highest BCUT2D eigenvalue weighted by Crippen LogP contribution is 2.27. The molecule has 9 heteroatoms. The van der Waals surface area contributed by atoms with E-state index in [0.29, 0.717) is 23.6 Å². The van der Waals surface area contributed by atoms with Gasteiger partial charge in [0.05, 0.1) is 45.2 Å². The minimum Gasteiger partial charge on any atom is -0.376 e. The number of aryl methyl sites for hydroxylation is 1. The van der Waals surface area contributed by atoms with Gasteiger partial charge in [0.1, 0.15) is 0 Å². The highest BCUT2D eigenvalue weighted by atomic mass is 35.5. The van der Waals surface area contributed by atoms with E-state index in [0.717, 1.165) is 25.1 Å². The Balaban J connectivity index is 1.54. The fourth-order valence-electron chi connectivity index (χ4n) is 3.69. The van der Waals surface area contributed by atoms with Gasteiger partial charge in [-0.1, -0.05) is 29.3 Å². The second-order valence-corrected chi connectivity index (χ2v) is 8.24. The zero-order valence-corrected chi connectivity index (χ0v) is 18.5. The first-order valence-corrected chi connectivity index (χ1v) is 10.8. The van der Waals surface area contributed by atoms with Crippen LogP contribution in [-0.2, 0) is 16.0 Å². The number of anilines is 1. The monoisotopic (exact) mass is 460 g/mol. The predicted molar refractivity (Wildman–Crippen MR) is 120 cm³/mol. The number of benzene rings is 1. The number of ether oxygens (including phenoxy) is 1. The molecule has 4 rings (SSSR count). The molecule has 3 aromatic rings. The van der Waals surface area contributed by atoms with Crippen molar-refractivity contribution in [2.75, 3.05) is 18.5 Å². The molecule has 2 amide bonds. The van der Waals surface area contributed by atoms with Crippen LogP contribution in [-0.4, -0.2) is 40.5 Å². The molecule has 1 saturated heterocycles. The second kappa shape index (κ2) is 9.26. The number of nitrogens with zero attached hydrogens (tertiary/aromatic N) is 2. The van der Waals surface area contributed by atoms with Crippen molar-refractivity contribution >= 4 is 46.4 Å². The van der Waals surface area contributed by atoms with Crippen LogP contribution in [0.4, 0.5) is 5.69 Å². The lowest BCUT2D eigenvalue weighted by Gasteiger charge is -2.11. The largest absolute Gasteiger partial charge is 0.376 e. The van der Waals surface area contributed by atoms with Crippen LogP contribution < -0.4 is 10.6 Å². The average molecular weight is 461 g/mol. The Morgan fingerprint density at radius 2 is 2.00 bits per heavy atom. The van der Waals surface area contributed by atoms with E-state index in [1.54, 1.807) is 30.3 Å². The molecule has 1 aliphatic rings. The maximum absolute atomic E-state index is 12.8. The van der Waals surface area contributed by atoms with Gasteiger partial charge in [0.25, 0.3) is 5.91 Å². The first kappa shape index (κ1) is 21.6. The van der Waals surface area contributed by atoms with Gasteiger partial charge in [0.2, 0.25) is 5.91 Å². The van der Waals surface area contributed by atoms with Gasteiger partial charge >= 0.3 is 0 Å². The van der Waals surface area contributed by atoms with E-state index in [-0.39, 0.29) is 34.0 Å².